The maximum Gasteiger partial charge on any atom is 0.119 e. The van der Waals surface area contributed by atoms with Gasteiger partial charge in [0.25, 0.3) is 0 Å². The first-order valence-electron chi connectivity index (χ1n) is 5.78. The molecule has 2 heteroatoms. The molecular weight excluding hydrogens is 186 g/mol. The Bertz CT molecular complexity index is 303. The van der Waals surface area contributed by atoms with Crippen molar-refractivity contribution in [3.8, 4) is 5.75 Å². The Kier molecular flexibility index (Phi) is 3.27. The number of nitrogens with two attached hydrogens (primary N) is 1. The summed E-state index contributed by atoms with van der Waals surface area (Å²) in [6.07, 6.45) is 2.68. The van der Waals surface area contributed by atoms with Crippen molar-refractivity contribution in [2.45, 2.75) is 25.7 Å². The number of hydrogen-bond acceptors (Lipinski definition) is 2. The minimum atomic E-state index is 0.556. The van der Waals surface area contributed by atoms with Crippen LogP contribution in [0.3, 0.4) is 0 Å². The highest BCUT2D eigenvalue weighted by molar-refractivity contribution is 5.30. The predicted octanol–water partition coefficient (Wildman–Crippen LogP) is 2.54. The van der Waals surface area contributed by atoms with E-state index >= 15 is 0 Å². The van der Waals surface area contributed by atoms with Crippen LogP contribution in [0.2, 0.25) is 0 Å². The van der Waals surface area contributed by atoms with Gasteiger partial charge in [0.2, 0.25) is 0 Å². The molecule has 1 aromatic carbocycles. The molecular formula is C13H19NO. The molecule has 1 aliphatic carbocycles. The zero-order chi connectivity index (χ0) is 10.7. The van der Waals surface area contributed by atoms with Gasteiger partial charge in [-0.25, -0.2) is 0 Å². The topological polar surface area (TPSA) is 35.2 Å². The summed E-state index contributed by atoms with van der Waals surface area (Å²) >= 11 is 0. The largest absolute Gasteiger partial charge is 0.494 e. The summed E-state index contributed by atoms with van der Waals surface area (Å²) in [6, 6.07) is 8.40. The Morgan fingerprint density at radius 3 is 2.47 bits per heavy atom. The SMILES string of the molecule is CCOc1ccc(C(CN)C2CC2)cc1. The van der Waals surface area contributed by atoms with Crippen LogP contribution in [0.25, 0.3) is 0 Å². The molecule has 0 saturated heterocycles. The third-order valence-corrected chi connectivity index (χ3v) is 3.06. The molecule has 0 aromatic heterocycles. The molecule has 15 heavy (non-hydrogen) atoms. The molecule has 1 unspecified atom stereocenters. The zero-order valence-corrected chi connectivity index (χ0v) is 9.28. The summed E-state index contributed by atoms with van der Waals surface area (Å²) in [4.78, 5) is 0. The summed E-state index contributed by atoms with van der Waals surface area (Å²) < 4.78 is 5.42. The van der Waals surface area contributed by atoms with E-state index in [1.54, 1.807) is 0 Å². The Labute approximate surface area is 91.4 Å². The minimum Gasteiger partial charge on any atom is -0.494 e. The summed E-state index contributed by atoms with van der Waals surface area (Å²) in [5.41, 5.74) is 7.18. The maximum atomic E-state index is 5.81. The van der Waals surface area contributed by atoms with Crippen molar-refractivity contribution in [3.05, 3.63) is 29.8 Å². The van der Waals surface area contributed by atoms with E-state index in [2.05, 4.69) is 12.1 Å². The summed E-state index contributed by atoms with van der Waals surface area (Å²) in [5.74, 6) is 2.33. The number of rotatable bonds is 5. The molecule has 0 amide bonds. The van der Waals surface area contributed by atoms with Gasteiger partial charge in [0.05, 0.1) is 6.61 Å². The van der Waals surface area contributed by atoms with Gasteiger partial charge < -0.3 is 10.5 Å². The highest BCUT2D eigenvalue weighted by Crippen LogP contribution is 2.42. The molecule has 0 aliphatic heterocycles. The second-order valence-electron chi connectivity index (χ2n) is 4.18. The van der Waals surface area contributed by atoms with Gasteiger partial charge in [0.15, 0.2) is 0 Å². The van der Waals surface area contributed by atoms with Gasteiger partial charge in [-0.2, -0.15) is 0 Å². The van der Waals surface area contributed by atoms with E-state index in [1.807, 2.05) is 19.1 Å². The molecule has 1 aliphatic rings. The molecule has 0 heterocycles. The van der Waals surface area contributed by atoms with E-state index in [-0.39, 0.29) is 0 Å². The van der Waals surface area contributed by atoms with E-state index in [0.29, 0.717) is 5.92 Å². The third-order valence-electron chi connectivity index (χ3n) is 3.06. The molecule has 82 valence electrons. The molecule has 0 spiro atoms. The highest BCUT2D eigenvalue weighted by Gasteiger charge is 2.31. The van der Waals surface area contributed by atoms with E-state index in [1.165, 1.54) is 18.4 Å². The smallest absolute Gasteiger partial charge is 0.119 e. The third kappa shape index (κ3) is 2.51. The first kappa shape index (κ1) is 10.5. The normalized spacial score (nSPS) is 17.5. The average Bonchev–Trinajstić information content (AvgIpc) is 3.06. The number of hydrogen-bond donors (Lipinski definition) is 1. The lowest BCUT2D eigenvalue weighted by Crippen LogP contribution is -2.14. The molecule has 0 radical (unpaired) electrons. The van der Waals surface area contributed by atoms with Gasteiger partial charge in [-0.15, -0.1) is 0 Å². The molecule has 2 rings (SSSR count). The number of ether oxygens (including phenoxy) is 1. The predicted molar refractivity (Wildman–Crippen MR) is 62.1 cm³/mol. The van der Waals surface area contributed by atoms with Crippen molar-refractivity contribution in [3.63, 3.8) is 0 Å². The average molecular weight is 205 g/mol. The summed E-state index contributed by atoms with van der Waals surface area (Å²) in [7, 11) is 0. The van der Waals surface area contributed by atoms with Crippen LogP contribution < -0.4 is 10.5 Å². The van der Waals surface area contributed by atoms with Crippen LogP contribution in [-0.4, -0.2) is 13.2 Å². The van der Waals surface area contributed by atoms with Crippen molar-refractivity contribution in [2.75, 3.05) is 13.2 Å². The molecule has 2 nitrogen and oxygen atoms in total. The molecule has 1 atom stereocenters. The van der Waals surface area contributed by atoms with Crippen LogP contribution in [0.1, 0.15) is 31.2 Å². The molecule has 2 N–H and O–H groups in total. The molecule has 1 saturated carbocycles. The second-order valence-corrected chi connectivity index (χ2v) is 4.18. The quantitative estimate of drug-likeness (QED) is 0.801. The first-order valence-corrected chi connectivity index (χ1v) is 5.78. The van der Waals surface area contributed by atoms with Crippen LogP contribution in [0.5, 0.6) is 5.75 Å². The fourth-order valence-electron chi connectivity index (χ4n) is 2.08. The van der Waals surface area contributed by atoms with E-state index < -0.39 is 0 Å². The Balaban J connectivity index is 2.07. The standard InChI is InChI=1S/C13H19NO/c1-2-15-12-7-5-11(6-8-12)13(9-14)10-3-4-10/h5-8,10,13H,2-4,9,14H2,1H3. The van der Waals surface area contributed by atoms with Gasteiger partial charge in [-0.1, -0.05) is 12.1 Å². The summed E-state index contributed by atoms with van der Waals surface area (Å²) in [6.45, 7) is 3.49. The van der Waals surface area contributed by atoms with Crippen LogP contribution >= 0.6 is 0 Å². The highest BCUT2D eigenvalue weighted by atomic mass is 16.5. The fraction of sp³-hybridized carbons (Fsp3) is 0.538. The van der Waals surface area contributed by atoms with Gasteiger partial charge in [-0.3, -0.25) is 0 Å². The van der Waals surface area contributed by atoms with Crippen molar-refractivity contribution < 1.29 is 4.74 Å². The summed E-state index contributed by atoms with van der Waals surface area (Å²) in [5, 5.41) is 0. The molecule has 0 bridgehead atoms. The Morgan fingerprint density at radius 2 is 2.00 bits per heavy atom. The van der Waals surface area contributed by atoms with Crippen LogP contribution in [-0.2, 0) is 0 Å². The fourth-order valence-corrected chi connectivity index (χ4v) is 2.08. The van der Waals surface area contributed by atoms with Crippen molar-refractivity contribution in [1.82, 2.24) is 0 Å². The van der Waals surface area contributed by atoms with Crippen molar-refractivity contribution in [2.24, 2.45) is 11.7 Å². The monoisotopic (exact) mass is 205 g/mol. The molecule has 1 aromatic rings. The molecule has 1 fully saturated rings. The maximum absolute atomic E-state index is 5.81. The van der Waals surface area contributed by atoms with E-state index in [4.69, 9.17) is 10.5 Å². The van der Waals surface area contributed by atoms with Crippen LogP contribution in [0.4, 0.5) is 0 Å². The van der Waals surface area contributed by atoms with Gasteiger partial charge in [-0.05, 0) is 55.8 Å². The van der Waals surface area contributed by atoms with Crippen molar-refractivity contribution >= 4 is 0 Å². The van der Waals surface area contributed by atoms with Gasteiger partial charge in [0.1, 0.15) is 5.75 Å². The van der Waals surface area contributed by atoms with E-state index in [0.717, 1.165) is 24.8 Å². The second kappa shape index (κ2) is 4.67. The first-order chi connectivity index (χ1) is 7.35. The van der Waals surface area contributed by atoms with Gasteiger partial charge >= 0.3 is 0 Å². The zero-order valence-electron chi connectivity index (χ0n) is 9.28. The lowest BCUT2D eigenvalue weighted by atomic mass is 9.94. The lowest BCUT2D eigenvalue weighted by molar-refractivity contribution is 0.340. The van der Waals surface area contributed by atoms with Crippen LogP contribution in [0, 0.1) is 5.92 Å². The van der Waals surface area contributed by atoms with Crippen LogP contribution in [0.15, 0.2) is 24.3 Å². The minimum absolute atomic E-state index is 0.556. The van der Waals surface area contributed by atoms with Crippen molar-refractivity contribution in [1.29, 1.82) is 0 Å². The Morgan fingerprint density at radius 1 is 1.33 bits per heavy atom. The number of benzene rings is 1. The lowest BCUT2D eigenvalue weighted by Gasteiger charge is -2.14. The van der Waals surface area contributed by atoms with Gasteiger partial charge in [0, 0.05) is 0 Å². The Hall–Kier alpha value is -1.02. The van der Waals surface area contributed by atoms with E-state index in [9.17, 15) is 0 Å².